The van der Waals surface area contributed by atoms with Crippen LogP contribution in [0.15, 0.2) is 35.4 Å². The Morgan fingerprint density at radius 2 is 1.94 bits per heavy atom. The largest absolute Gasteiger partial charge is 0.257 e. The van der Waals surface area contributed by atoms with Gasteiger partial charge in [0.25, 0.3) is 10.0 Å². The van der Waals surface area contributed by atoms with Crippen molar-refractivity contribution in [1.82, 2.24) is 9.78 Å². The Morgan fingerprint density at radius 1 is 1.33 bits per heavy atom. The second kappa shape index (κ2) is 4.25. The van der Waals surface area contributed by atoms with Crippen LogP contribution in [0.2, 0.25) is 0 Å². The van der Waals surface area contributed by atoms with Crippen LogP contribution >= 0.6 is 0 Å². The minimum absolute atomic E-state index is 0.0265. The zero-order valence-electron chi connectivity index (χ0n) is 9.53. The van der Waals surface area contributed by atoms with E-state index >= 15 is 0 Å². The molecule has 0 fully saturated rings. The monoisotopic (exact) mass is 262 g/mol. The molecule has 0 aliphatic heterocycles. The lowest BCUT2D eigenvalue weighted by Crippen LogP contribution is -2.18. The van der Waals surface area contributed by atoms with Gasteiger partial charge >= 0.3 is 0 Å². The number of hydrogen-bond donors (Lipinski definition) is 1. The van der Waals surface area contributed by atoms with Crippen molar-refractivity contribution in [2.24, 2.45) is 5.14 Å². The van der Waals surface area contributed by atoms with Crippen LogP contribution in [-0.4, -0.2) is 18.2 Å². The fourth-order valence-electron chi connectivity index (χ4n) is 1.64. The Hall–Kier alpha value is -2.17. The van der Waals surface area contributed by atoms with Gasteiger partial charge < -0.3 is 0 Å². The van der Waals surface area contributed by atoms with E-state index in [9.17, 15) is 8.42 Å². The summed E-state index contributed by atoms with van der Waals surface area (Å²) in [5.41, 5.74) is 0.831. The van der Waals surface area contributed by atoms with Gasteiger partial charge in [0.15, 0.2) is 5.03 Å². The molecule has 0 unspecified atom stereocenters. The number of aromatic nitrogens is 2. The summed E-state index contributed by atoms with van der Waals surface area (Å²) in [5, 5.41) is 17.9. The predicted molar refractivity (Wildman–Crippen MR) is 64.4 cm³/mol. The highest BCUT2D eigenvalue weighted by Crippen LogP contribution is 2.21. The van der Waals surface area contributed by atoms with Gasteiger partial charge in [-0.25, -0.2) is 18.2 Å². The minimum atomic E-state index is -4.03. The highest BCUT2D eigenvalue weighted by molar-refractivity contribution is 7.89. The van der Waals surface area contributed by atoms with E-state index < -0.39 is 10.0 Å². The number of sulfonamides is 1. The van der Waals surface area contributed by atoms with Gasteiger partial charge in [-0.3, -0.25) is 0 Å². The second-order valence-electron chi connectivity index (χ2n) is 3.67. The van der Waals surface area contributed by atoms with Crippen LogP contribution in [-0.2, 0) is 10.0 Å². The number of nitrogens with zero attached hydrogens (tertiary/aromatic N) is 3. The van der Waals surface area contributed by atoms with E-state index in [1.807, 2.05) is 6.07 Å². The quantitative estimate of drug-likeness (QED) is 0.860. The van der Waals surface area contributed by atoms with Gasteiger partial charge in [0.1, 0.15) is 11.6 Å². The molecule has 7 heteroatoms. The Bertz CT molecular complexity index is 726. The van der Waals surface area contributed by atoms with E-state index in [2.05, 4.69) is 5.10 Å². The van der Waals surface area contributed by atoms with Crippen LogP contribution < -0.4 is 5.14 Å². The molecule has 0 bridgehead atoms. The number of nitrogens with two attached hydrogens (primary N) is 1. The standard InChI is InChI=1S/C11H10N4O2S/c1-8-10(7-12)11(18(13,16)17)15(14-8)9-5-3-2-4-6-9/h2-6H,1H3,(H2,13,16,17). The van der Waals surface area contributed by atoms with Crippen molar-refractivity contribution in [1.29, 1.82) is 5.26 Å². The lowest BCUT2D eigenvalue weighted by atomic mass is 10.3. The maximum atomic E-state index is 11.6. The number of rotatable bonds is 2. The molecule has 0 amide bonds. The summed E-state index contributed by atoms with van der Waals surface area (Å²) in [6.07, 6.45) is 0. The van der Waals surface area contributed by atoms with E-state index in [1.165, 1.54) is 4.68 Å². The molecule has 6 nitrogen and oxygen atoms in total. The summed E-state index contributed by atoms with van der Waals surface area (Å²) in [6, 6.07) is 10.5. The summed E-state index contributed by atoms with van der Waals surface area (Å²) in [6.45, 7) is 1.56. The van der Waals surface area contributed by atoms with Gasteiger partial charge in [-0.15, -0.1) is 0 Å². The molecule has 0 atom stereocenters. The van der Waals surface area contributed by atoms with Gasteiger partial charge in [0.2, 0.25) is 0 Å². The zero-order chi connectivity index (χ0) is 13.3. The molecule has 18 heavy (non-hydrogen) atoms. The average Bonchev–Trinajstić information content (AvgIpc) is 2.67. The van der Waals surface area contributed by atoms with Crippen molar-refractivity contribution in [3.05, 3.63) is 41.6 Å². The zero-order valence-corrected chi connectivity index (χ0v) is 10.3. The lowest BCUT2D eigenvalue weighted by Gasteiger charge is -2.05. The minimum Gasteiger partial charge on any atom is -0.223 e. The second-order valence-corrected chi connectivity index (χ2v) is 5.15. The summed E-state index contributed by atoms with van der Waals surface area (Å²) < 4.78 is 24.3. The topological polar surface area (TPSA) is 102 Å². The van der Waals surface area contributed by atoms with Crippen molar-refractivity contribution < 1.29 is 8.42 Å². The van der Waals surface area contributed by atoms with Crippen LogP contribution in [0.5, 0.6) is 0 Å². The van der Waals surface area contributed by atoms with E-state index in [1.54, 1.807) is 37.3 Å². The molecule has 1 aromatic heterocycles. The maximum absolute atomic E-state index is 11.6. The van der Waals surface area contributed by atoms with Crippen LogP contribution in [0.1, 0.15) is 11.3 Å². The van der Waals surface area contributed by atoms with Crippen molar-refractivity contribution in [2.45, 2.75) is 11.9 Å². The fraction of sp³-hybridized carbons (Fsp3) is 0.0909. The van der Waals surface area contributed by atoms with E-state index in [0.29, 0.717) is 11.4 Å². The number of nitriles is 1. The SMILES string of the molecule is Cc1nn(-c2ccccc2)c(S(N)(=O)=O)c1C#N. The molecular formula is C11H10N4O2S. The predicted octanol–water partition coefficient (Wildman–Crippen LogP) is 0.700. The smallest absolute Gasteiger partial charge is 0.223 e. The average molecular weight is 262 g/mol. The van der Waals surface area contributed by atoms with Gasteiger partial charge in [0, 0.05) is 0 Å². The van der Waals surface area contributed by atoms with Crippen LogP contribution in [0.4, 0.5) is 0 Å². The summed E-state index contributed by atoms with van der Waals surface area (Å²) in [7, 11) is -4.03. The van der Waals surface area contributed by atoms with Crippen molar-refractivity contribution >= 4 is 10.0 Å². The molecule has 0 aliphatic carbocycles. The normalized spacial score (nSPS) is 11.2. The molecule has 0 saturated heterocycles. The Labute approximate surface area is 104 Å². The summed E-state index contributed by atoms with van der Waals surface area (Å²) in [4.78, 5) is 0. The maximum Gasteiger partial charge on any atom is 0.257 e. The van der Waals surface area contributed by atoms with Crippen LogP contribution in [0.25, 0.3) is 5.69 Å². The molecular weight excluding hydrogens is 252 g/mol. The van der Waals surface area contributed by atoms with Crippen molar-refractivity contribution in [3.63, 3.8) is 0 Å². The first kappa shape index (κ1) is 12.3. The van der Waals surface area contributed by atoms with Gasteiger partial charge in [-0.05, 0) is 19.1 Å². The summed E-state index contributed by atoms with van der Waals surface area (Å²) >= 11 is 0. The molecule has 0 saturated carbocycles. The molecule has 2 rings (SSSR count). The van der Waals surface area contributed by atoms with Crippen molar-refractivity contribution in [3.8, 4) is 11.8 Å². The number of hydrogen-bond acceptors (Lipinski definition) is 4. The molecule has 0 radical (unpaired) electrons. The lowest BCUT2D eigenvalue weighted by molar-refractivity contribution is 0.587. The Morgan fingerprint density at radius 3 is 2.44 bits per heavy atom. The van der Waals surface area contributed by atoms with E-state index in [4.69, 9.17) is 10.4 Å². The molecule has 1 aromatic carbocycles. The molecule has 1 heterocycles. The van der Waals surface area contributed by atoms with E-state index in [-0.39, 0.29) is 10.6 Å². The van der Waals surface area contributed by atoms with Gasteiger partial charge in [-0.1, -0.05) is 18.2 Å². The van der Waals surface area contributed by atoms with Gasteiger partial charge in [-0.2, -0.15) is 10.4 Å². The molecule has 0 aliphatic rings. The fourth-order valence-corrected chi connectivity index (χ4v) is 2.51. The first-order valence-corrected chi connectivity index (χ1v) is 6.57. The Kier molecular flexibility index (Phi) is 2.90. The summed E-state index contributed by atoms with van der Waals surface area (Å²) in [5.74, 6) is 0. The first-order chi connectivity index (χ1) is 8.45. The molecule has 92 valence electrons. The van der Waals surface area contributed by atoms with Crippen molar-refractivity contribution in [2.75, 3.05) is 0 Å². The third-order valence-corrected chi connectivity index (χ3v) is 3.32. The number of primary sulfonamides is 1. The Balaban J connectivity index is 2.83. The highest BCUT2D eigenvalue weighted by Gasteiger charge is 2.24. The third-order valence-electron chi connectivity index (χ3n) is 2.40. The third kappa shape index (κ3) is 1.99. The number of benzene rings is 1. The van der Waals surface area contributed by atoms with Gasteiger partial charge in [0.05, 0.1) is 11.4 Å². The number of aryl methyl sites for hydroxylation is 1. The molecule has 2 N–H and O–H groups in total. The van der Waals surface area contributed by atoms with Crippen LogP contribution in [0, 0.1) is 18.3 Å². The molecule has 2 aromatic rings. The van der Waals surface area contributed by atoms with E-state index in [0.717, 1.165) is 0 Å². The number of para-hydroxylation sites is 1. The molecule has 0 spiro atoms. The highest BCUT2D eigenvalue weighted by atomic mass is 32.2. The first-order valence-electron chi connectivity index (χ1n) is 5.03. The van der Waals surface area contributed by atoms with Crippen LogP contribution in [0.3, 0.4) is 0 Å².